The van der Waals surface area contributed by atoms with Crippen molar-refractivity contribution in [1.29, 1.82) is 0 Å². The highest BCUT2D eigenvalue weighted by atomic mass is 19.4. The first-order valence-electron chi connectivity index (χ1n) is 21.6. The first-order valence-corrected chi connectivity index (χ1v) is 21.6. The number of rotatable bonds is 16. The summed E-state index contributed by atoms with van der Waals surface area (Å²) in [5.74, 6) is 3.66. The molecule has 0 amide bonds. The molecule has 2 fully saturated rings. The normalized spacial score (nSPS) is 20.4. The van der Waals surface area contributed by atoms with E-state index in [1.54, 1.807) is 24.3 Å². The quantitative estimate of drug-likeness (QED) is 0.0811. The van der Waals surface area contributed by atoms with Crippen molar-refractivity contribution in [3.8, 4) is 11.5 Å². The number of ether oxygens (including phenoxy) is 1. The second kappa shape index (κ2) is 19.8. The molecule has 2 saturated carbocycles. The van der Waals surface area contributed by atoms with Crippen LogP contribution in [0.25, 0.3) is 0 Å². The van der Waals surface area contributed by atoms with Crippen molar-refractivity contribution in [3.05, 3.63) is 129 Å². The Kier molecular flexibility index (Phi) is 14.9. The number of halogens is 6. The largest absolute Gasteiger partial charge is 0.457 e. The highest BCUT2D eigenvalue weighted by Crippen LogP contribution is 2.43. The summed E-state index contributed by atoms with van der Waals surface area (Å²) in [5, 5.41) is 0. The van der Waals surface area contributed by atoms with Crippen LogP contribution in [0.15, 0.2) is 84.9 Å². The van der Waals surface area contributed by atoms with Gasteiger partial charge >= 0.3 is 12.4 Å². The van der Waals surface area contributed by atoms with Crippen LogP contribution in [0.2, 0.25) is 0 Å². The van der Waals surface area contributed by atoms with Crippen LogP contribution < -0.4 is 4.74 Å². The van der Waals surface area contributed by atoms with Crippen LogP contribution in [0.1, 0.15) is 173 Å². The van der Waals surface area contributed by atoms with E-state index in [0.717, 1.165) is 84.0 Å². The molecule has 0 aliphatic heterocycles. The van der Waals surface area contributed by atoms with Crippen molar-refractivity contribution in [2.24, 2.45) is 11.8 Å². The number of alkyl halides is 6. The van der Waals surface area contributed by atoms with Crippen LogP contribution in [-0.4, -0.2) is 0 Å². The Bertz CT molecular complexity index is 1690. The first-order chi connectivity index (χ1) is 27.4. The molecule has 1 nitrogen and oxygen atoms in total. The van der Waals surface area contributed by atoms with Crippen molar-refractivity contribution in [1.82, 2.24) is 0 Å². The van der Waals surface area contributed by atoms with Crippen LogP contribution in [0.5, 0.6) is 11.5 Å². The van der Waals surface area contributed by atoms with E-state index >= 15 is 0 Å². The molecular formula is C50H60F6O. The Balaban J connectivity index is 1.28. The van der Waals surface area contributed by atoms with Crippen molar-refractivity contribution in [3.63, 3.8) is 0 Å². The topological polar surface area (TPSA) is 9.23 Å². The Labute approximate surface area is 336 Å². The number of hydrogen-bond donors (Lipinski definition) is 0. The molecule has 0 spiro atoms. The van der Waals surface area contributed by atoms with Gasteiger partial charge in [-0.2, -0.15) is 26.3 Å². The molecule has 7 heteroatoms. The van der Waals surface area contributed by atoms with E-state index in [1.165, 1.54) is 88.2 Å². The van der Waals surface area contributed by atoms with E-state index < -0.39 is 23.5 Å². The molecule has 57 heavy (non-hydrogen) atoms. The maximum atomic E-state index is 13.4. The number of unbranched alkanes of at least 4 members (excludes halogenated alkanes) is 4. The summed E-state index contributed by atoms with van der Waals surface area (Å²) >= 11 is 0. The number of hydrogen-bond acceptors (Lipinski definition) is 1. The average molecular weight is 791 g/mol. The fourth-order valence-electron chi connectivity index (χ4n) is 9.30. The highest BCUT2D eigenvalue weighted by Gasteiger charge is 2.31. The van der Waals surface area contributed by atoms with Crippen LogP contribution >= 0.6 is 0 Å². The highest BCUT2D eigenvalue weighted by molar-refractivity contribution is 5.48. The lowest BCUT2D eigenvalue weighted by atomic mass is 9.76. The van der Waals surface area contributed by atoms with Gasteiger partial charge < -0.3 is 4.74 Å². The Morgan fingerprint density at radius 2 is 0.842 bits per heavy atom. The third-order valence-electron chi connectivity index (χ3n) is 12.8. The first kappa shape index (κ1) is 42.9. The molecule has 0 heterocycles. The number of benzene rings is 4. The van der Waals surface area contributed by atoms with Crippen molar-refractivity contribution >= 4 is 0 Å². The van der Waals surface area contributed by atoms with E-state index in [0.29, 0.717) is 36.2 Å². The molecular weight excluding hydrogens is 731 g/mol. The minimum atomic E-state index is -4.41. The molecule has 0 radical (unpaired) electrons. The molecule has 0 saturated heterocycles. The van der Waals surface area contributed by atoms with Gasteiger partial charge in [0, 0.05) is 12.8 Å². The van der Waals surface area contributed by atoms with Crippen LogP contribution in [-0.2, 0) is 25.2 Å². The molecule has 4 aromatic rings. The third kappa shape index (κ3) is 12.1. The molecule has 0 bridgehead atoms. The summed E-state index contributed by atoms with van der Waals surface area (Å²) in [6.45, 7) is 4.48. The Morgan fingerprint density at radius 3 is 1.18 bits per heavy atom. The average Bonchev–Trinajstić information content (AvgIpc) is 3.20. The minimum Gasteiger partial charge on any atom is -0.457 e. The SMILES string of the molecule is CCCCCC1CCC(c2ccc(Oc3ccc(C4CCC(CCCCC)CC4)cc3Cc3ccc(C(F)(F)F)cc3)c(Cc3ccc(C(F)(F)F)cc3)c2)CC1. The van der Waals surface area contributed by atoms with E-state index in [1.807, 2.05) is 12.1 Å². The van der Waals surface area contributed by atoms with Gasteiger partial charge in [0.1, 0.15) is 11.5 Å². The third-order valence-corrected chi connectivity index (χ3v) is 12.8. The molecule has 0 N–H and O–H groups in total. The molecule has 2 aliphatic carbocycles. The second-order valence-electron chi connectivity index (χ2n) is 17.0. The van der Waals surface area contributed by atoms with Crippen LogP contribution in [0.4, 0.5) is 26.3 Å². The maximum Gasteiger partial charge on any atom is 0.416 e. The molecule has 4 aromatic carbocycles. The zero-order valence-electron chi connectivity index (χ0n) is 33.8. The van der Waals surface area contributed by atoms with Gasteiger partial charge in [-0.25, -0.2) is 0 Å². The van der Waals surface area contributed by atoms with Gasteiger partial charge in [0.25, 0.3) is 0 Å². The van der Waals surface area contributed by atoms with Crippen molar-refractivity contribution in [2.75, 3.05) is 0 Å². The van der Waals surface area contributed by atoms with Crippen LogP contribution in [0, 0.1) is 11.8 Å². The summed E-state index contributed by atoms with van der Waals surface area (Å²) in [6.07, 6.45) is 11.5. The fourth-order valence-corrected chi connectivity index (χ4v) is 9.30. The van der Waals surface area contributed by atoms with Gasteiger partial charge in [0.2, 0.25) is 0 Å². The fraction of sp³-hybridized carbons (Fsp3) is 0.520. The lowest BCUT2D eigenvalue weighted by molar-refractivity contribution is -0.138. The zero-order chi connectivity index (χ0) is 40.4. The predicted octanol–water partition coefficient (Wildman–Crippen LogP) is 16.4. The summed E-state index contributed by atoms with van der Waals surface area (Å²) in [5.41, 5.74) is 4.45. The molecule has 0 atom stereocenters. The van der Waals surface area contributed by atoms with Gasteiger partial charge in [-0.05, 0) is 145 Å². The standard InChI is InChI=1S/C50H60F6O/c1-3-5-7-9-35-11-19-39(20-12-35)41-23-29-47(43(33-41)31-37-15-25-45(26-16-37)49(51,52)53)57-48-30-24-42(40-21-13-36(14-22-40)10-8-6-4-2)34-44(48)32-38-17-27-46(28-18-38)50(54,55)56/h15-18,23-30,33-36,39-40H,3-14,19-22,31-32H2,1-2H3. The van der Waals surface area contributed by atoms with Gasteiger partial charge in [0.05, 0.1) is 11.1 Å². The summed E-state index contributed by atoms with van der Waals surface area (Å²) in [6, 6.07) is 23.4. The van der Waals surface area contributed by atoms with Gasteiger partial charge in [-0.1, -0.05) is 114 Å². The molecule has 2 aliphatic rings. The van der Waals surface area contributed by atoms with Crippen molar-refractivity contribution in [2.45, 2.75) is 154 Å². The summed E-state index contributed by atoms with van der Waals surface area (Å²) in [4.78, 5) is 0. The van der Waals surface area contributed by atoms with E-state index in [-0.39, 0.29) is 0 Å². The van der Waals surface area contributed by atoms with Gasteiger partial charge in [0.15, 0.2) is 0 Å². The Hall–Kier alpha value is -3.74. The smallest absolute Gasteiger partial charge is 0.416 e. The van der Waals surface area contributed by atoms with E-state index in [9.17, 15) is 26.3 Å². The monoisotopic (exact) mass is 790 g/mol. The molecule has 0 unspecified atom stereocenters. The summed E-state index contributed by atoms with van der Waals surface area (Å²) < 4.78 is 87.5. The molecule has 6 rings (SSSR count). The van der Waals surface area contributed by atoms with Gasteiger partial charge in [-0.15, -0.1) is 0 Å². The maximum absolute atomic E-state index is 13.4. The Morgan fingerprint density at radius 1 is 0.474 bits per heavy atom. The molecule has 308 valence electrons. The van der Waals surface area contributed by atoms with Crippen LogP contribution in [0.3, 0.4) is 0 Å². The predicted molar refractivity (Wildman–Crippen MR) is 219 cm³/mol. The second-order valence-corrected chi connectivity index (χ2v) is 17.0. The zero-order valence-corrected chi connectivity index (χ0v) is 33.8. The van der Waals surface area contributed by atoms with E-state index in [2.05, 4.69) is 38.1 Å². The van der Waals surface area contributed by atoms with Gasteiger partial charge in [-0.3, -0.25) is 0 Å². The summed E-state index contributed by atoms with van der Waals surface area (Å²) in [7, 11) is 0. The minimum absolute atomic E-state index is 0.404. The van der Waals surface area contributed by atoms with Crippen molar-refractivity contribution < 1.29 is 31.1 Å². The lowest BCUT2D eigenvalue weighted by Crippen LogP contribution is -2.14. The molecule has 0 aromatic heterocycles. The van der Waals surface area contributed by atoms with E-state index in [4.69, 9.17) is 4.74 Å². The lowest BCUT2D eigenvalue weighted by Gasteiger charge is -2.30.